The Bertz CT molecular complexity index is 629. The van der Waals surface area contributed by atoms with Gasteiger partial charge in [0.25, 0.3) is 5.91 Å². The summed E-state index contributed by atoms with van der Waals surface area (Å²) in [5.74, 6) is -0.567. The Hall–Kier alpha value is -1.94. The molecule has 0 unspecified atom stereocenters. The third-order valence-electron chi connectivity index (χ3n) is 3.33. The topological polar surface area (TPSA) is 68.9 Å². The number of rotatable bonds is 6. The molecule has 0 saturated carbocycles. The highest BCUT2D eigenvalue weighted by atomic mass is 35.5. The van der Waals surface area contributed by atoms with Gasteiger partial charge in [-0.2, -0.15) is 0 Å². The molecule has 0 fully saturated rings. The molecular weight excluding hydrogens is 286 g/mol. The quantitative estimate of drug-likeness (QED) is 0.654. The second-order valence-corrected chi connectivity index (χ2v) is 5.24. The second-order valence-electron chi connectivity index (χ2n) is 4.88. The first kappa shape index (κ1) is 15.4. The summed E-state index contributed by atoms with van der Waals surface area (Å²) < 4.78 is 0. The van der Waals surface area contributed by atoms with Crippen LogP contribution >= 0.6 is 11.6 Å². The Balaban J connectivity index is 2.47. The largest absolute Gasteiger partial charge is 0.366 e. The van der Waals surface area contributed by atoms with Crippen LogP contribution in [0, 0.1) is 0 Å². The second kappa shape index (κ2) is 7.18. The van der Waals surface area contributed by atoms with E-state index in [9.17, 15) is 4.79 Å². The third kappa shape index (κ3) is 3.79. The summed E-state index contributed by atoms with van der Waals surface area (Å²) in [7, 11) is 0. The molecule has 0 aromatic carbocycles. The number of aryl methyl sites for hydroxylation is 1. The minimum absolute atomic E-state index is 0.173. The van der Waals surface area contributed by atoms with Gasteiger partial charge < -0.3 is 5.73 Å². The van der Waals surface area contributed by atoms with Crippen molar-refractivity contribution in [1.29, 1.82) is 0 Å². The number of aromatic nitrogens is 2. The molecule has 0 aliphatic heterocycles. The number of hydrogen-bond donors (Lipinski definition) is 1. The number of carbonyl (C=O) groups is 1. The number of nitrogens with two attached hydrogens (primary N) is 1. The molecule has 4 nitrogen and oxygen atoms in total. The monoisotopic (exact) mass is 303 g/mol. The average Bonchev–Trinajstić information content (AvgIpc) is 2.48. The number of halogens is 1. The molecule has 2 heterocycles. The van der Waals surface area contributed by atoms with Crippen molar-refractivity contribution in [2.45, 2.75) is 32.6 Å². The van der Waals surface area contributed by atoms with Crippen LogP contribution in [0.4, 0.5) is 0 Å². The lowest BCUT2D eigenvalue weighted by atomic mass is 9.99. The number of amides is 1. The number of unbranched alkanes of at least 4 members (excludes halogenated alkanes) is 2. The van der Waals surface area contributed by atoms with Gasteiger partial charge in [0.1, 0.15) is 5.15 Å². The van der Waals surface area contributed by atoms with Crippen molar-refractivity contribution >= 4 is 17.5 Å². The van der Waals surface area contributed by atoms with Crippen LogP contribution in [0.2, 0.25) is 5.15 Å². The highest BCUT2D eigenvalue weighted by molar-refractivity contribution is 6.32. The molecule has 21 heavy (non-hydrogen) atoms. The molecule has 0 bridgehead atoms. The normalized spacial score (nSPS) is 10.6. The van der Waals surface area contributed by atoms with Crippen LogP contribution in [-0.4, -0.2) is 15.9 Å². The molecule has 0 aliphatic carbocycles. The first-order chi connectivity index (χ1) is 10.1. The van der Waals surface area contributed by atoms with Crippen molar-refractivity contribution in [2.24, 2.45) is 5.73 Å². The molecule has 0 aliphatic rings. The minimum atomic E-state index is -0.567. The van der Waals surface area contributed by atoms with E-state index < -0.39 is 5.91 Å². The zero-order valence-electron chi connectivity index (χ0n) is 12.0. The minimum Gasteiger partial charge on any atom is -0.366 e. The first-order valence-corrected chi connectivity index (χ1v) is 7.41. The van der Waals surface area contributed by atoms with E-state index in [2.05, 4.69) is 16.9 Å². The molecule has 5 heteroatoms. The van der Waals surface area contributed by atoms with Crippen molar-refractivity contribution < 1.29 is 4.79 Å². The maximum atomic E-state index is 11.5. The van der Waals surface area contributed by atoms with Gasteiger partial charge in [-0.15, -0.1) is 0 Å². The smallest absolute Gasteiger partial charge is 0.251 e. The fourth-order valence-electron chi connectivity index (χ4n) is 2.21. The maximum absolute atomic E-state index is 11.5. The zero-order chi connectivity index (χ0) is 15.2. The SMILES string of the molecule is CCCCCc1nc(Cl)c(C(N)=O)cc1-c1ccncc1. The van der Waals surface area contributed by atoms with Crippen molar-refractivity contribution in [1.82, 2.24) is 9.97 Å². The standard InChI is InChI=1S/C16H18ClN3O/c1-2-3-4-5-14-12(11-6-8-19-9-7-11)10-13(16(18)21)15(17)20-14/h6-10H,2-5H2,1H3,(H2,18,21). The zero-order valence-corrected chi connectivity index (χ0v) is 12.7. The lowest BCUT2D eigenvalue weighted by molar-refractivity contribution is 0.1000. The Morgan fingerprint density at radius 1 is 1.29 bits per heavy atom. The van der Waals surface area contributed by atoms with Crippen molar-refractivity contribution in [3.8, 4) is 11.1 Å². The summed E-state index contributed by atoms with van der Waals surface area (Å²) in [5.41, 5.74) is 8.36. The van der Waals surface area contributed by atoms with E-state index in [1.807, 2.05) is 12.1 Å². The number of carbonyl (C=O) groups excluding carboxylic acids is 1. The summed E-state index contributed by atoms with van der Waals surface area (Å²) >= 11 is 6.07. The molecule has 2 aromatic heterocycles. The van der Waals surface area contributed by atoms with Gasteiger partial charge in [0.05, 0.1) is 11.3 Å². The number of pyridine rings is 2. The van der Waals surface area contributed by atoms with E-state index in [0.29, 0.717) is 0 Å². The Morgan fingerprint density at radius 3 is 2.62 bits per heavy atom. The fraction of sp³-hybridized carbons (Fsp3) is 0.312. The van der Waals surface area contributed by atoms with Crippen molar-refractivity contribution in [2.75, 3.05) is 0 Å². The molecule has 2 rings (SSSR count). The predicted molar refractivity (Wildman–Crippen MR) is 84.2 cm³/mol. The van der Waals surface area contributed by atoms with Crippen LogP contribution in [0.1, 0.15) is 42.2 Å². The first-order valence-electron chi connectivity index (χ1n) is 7.03. The molecule has 0 spiro atoms. The van der Waals surface area contributed by atoms with Gasteiger partial charge in [-0.25, -0.2) is 4.98 Å². The highest BCUT2D eigenvalue weighted by Crippen LogP contribution is 2.27. The average molecular weight is 304 g/mol. The summed E-state index contributed by atoms with van der Waals surface area (Å²) in [5, 5.41) is 0.173. The van der Waals surface area contributed by atoms with Gasteiger partial charge in [0.2, 0.25) is 0 Å². The van der Waals surface area contributed by atoms with Crippen LogP contribution < -0.4 is 5.73 Å². The highest BCUT2D eigenvalue weighted by Gasteiger charge is 2.15. The molecule has 110 valence electrons. The van der Waals surface area contributed by atoms with Crippen molar-refractivity contribution in [3.63, 3.8) is 0 Å². The number of nitrogens with zero attached hydrogens (tertiary/aromatic N) is 2. The summed E-state index contributed by atoms with van der Waals surface area (Å²) in [6.45, 7) is 2.15. The molecular formula is C16H18ClN3O. The lowest BCUT2D eigenvalue weighted by Crippen LogP contribution is -2.13. The van der Waals surface area contributed by atoms with Crippen molar-refractivity contribution in [3.05, 3.63) is 47.0 Å². The van der Waals surface area contributed by atoms with E-state index in [1.54, 1.807) is 18.5 Å². The van der Waals surface area contributed by atoms with E-state index in [0.717, 1.165) is 42.5 Å². The summed E-state index contributed by atoms with van der Waals surface area (Å²) in [6.07, 6.45) is 7.55. The fourth-order valence-corrected chi connectivity index (χ4v) is 2.46. The maximum Gasteiger partial charge on any atom is 0.251 e. The Kier molecular flexibility index (Phi) is 5.28. The van der Waals surface area contributed by atoms with Crippen LogP contribution in [0.15, 0.2) is 30.6 Å². The lowest BCUT2D eigenvalue weighted by Gasteiger charge is -2.11. The Morgan fingerprint density at radius 2 is 2.00 bits per heavy atom. The third-order valence-corrected chi connectivity index (χ3v) is 3.62. The van der Waals surface area contributed by atoms with E-state index in [4.69, 9.17) is 17.3 Å². The number of hydrogen-bond acceptors (Lipinski definition) is 3. The van der Waals surface area contributed by atoms with Gasteiger partial charge in [0.15, 0.2) is 0 Å². The van der Waals surface area contributed by atoms with E-state index in [-0.39, 0.29) is 10.7 Å². The van der Waals surface area contributed by atoms with Crippen LogP contribution in [-0.2, 0) is 6.42 Å². The molecule has 2 aromatic rings. The molecule has 0 radical (unpaired) electrons. The van der Waals surface area contributed by atoms with Gasteiger partial charge in [0, 0.05) is 18.0 Å². The summed E-state index contributed by atoms with van der Waals surface area (Å²) in [6, 6.07) is 5.51. The Labute approximate surface area is 129 Å². The molecule has 0 saturated heterocycles. The summed E-state index contributed by atoms with van der Waals surface area (Å²) in [4.78, 5) is 19.9. The van der Waals surface area contributed by atoms with Crippen LogP contribution in [0.5, 0.6) is 0 Å². The number of primary amides is 1. The van der Waals surface area contributed by atoms with Gasteiger partial charge in [-0.05, 0) is 36.6 Å². The predicted octanol–water partition coefficient (Wildman–Crippen LogP) is 3.63. The van der Waals surface area contributed by atoms with E-state index in [1.165, 1.54) is 0 Å². The van der Waals surface area contributed by atoms with Gasteiger partial charge in [-0.1, -0.05) is 31.4 Å². The molecule has 2 N–H and O–H groups in total. The molecule has 1 amide bonds. The van der Waals surface area contributed by atoms with Gasteiger partial charge in [-0.3, -0.25) is 9.78 Å². The molecule has 0 atom stereocenters. The van der Waals surface area contributed by atoms with E-state index >= 15 is 0 Å². The van der Waals surface area contributed by atoms with Gasteiger partial charge >= 0.3 is 0 Å². The van der Waals surface area contributed by atoms with Crippen LogP contribution in [0.25, 0.3) is 11.1 Å². The van der Waals surface area contributed by atoms with Crippen LogP contribution in [0.3, 0.4) is 0 Å².